The maximum absolute atomic E-state index is 10.1. The summed E-state index contributed by atoms with van der Waals surface area (Å²) in [7, 11) is 1.54. The standard InChI is InChI=1S/C20H20BN2O4/c1-13-4-7-16(18(24)10-13)22-12-15-6-9-20-21(25-3,26-15)27-19-11-14(2)5-8-17(19)23-20/h4-12,22,24H,1-3H3/q-1/p+1/b15-12+. The highest BCUT2D eigenvalue weighted by Crippen LogP contribution is 2.38. The molecule has 2 aliphatic rings. The maximum Gasteiger partial charge on any atom is 0.541 e. The summed E-state index contributed by atoms with van der Waals surface area (Å²) in [5, 5.41) is 11.8. The predicted molar refractivity (Wildman–Crippen MR) is 104 cm³/mol. The molecule has 0 aliphatic carbocycles. The van der Waals surface area contributed by atoms with Gasteiger partial charge in [0.05, 0.1) is 11.4 Å². The van der Waals surface area contributed by atoms with Crippen molar-refractivity contribution in [1.29, 1.82) is 0 Å². The second-order valence-electron chi connectivity index (χ2n) is 6.75. The Hall–Kier alpha value is -3.03. The molecule has 0 saturated heterocycles. The SMILES string of the molecule is CO[B-]12O/C(=C/[NH2+]c3ccc(C)cc3O)C=CC1=Nc1ccc(C)cc1O2. The Morgan fingerprint density at radius 3 is 2.63 bits per heavy atom. The Labute approximate surface area is 157 Å². The maximum atomic E-state index is 10.1. The highest BCUT2D eigenvalue weighted by atomic mass is 16.8. The zero-order valence-corrected chi connectivity index (χ0v) is 15.5. The summed E-state index contributed by atoms with van der Waals surface area (Å²) in [4.78, 5) is 4.63. The molecular weight excluding hydrogens is 343 g/mol. The third kappa shape index (κ3) is 3.23. The van der Waals surface area contributed by atoms with E-state index in [0.29, 0.717) is 22.8 Å². The predicted octanol–water partition coefficient (Wildman–Crippen LogP) is 2.92. The molecule has 138 valence electrons. The molecule has 1 atom stereocenters. The summed E-state index contributed by atoms with van der Waals surface area (Å²) in [5.41, 5.74) is 4.12. The summed E-state index contributed by atoms with van der Waals surface area (Å²) in [5.74, 6) is 1.42. The Morgan fingerprint density at radius 1 is 1.07 bits per heavy atom. The zero-order valence-electron chi connectivity index (χ0n) is 15.5. The van der Waals surface area contributed by atoms with Gasteiger partial charge >= 0.3 is 6.75 Å². The molecule has 0 saturated carbocycles. The lowest BCUT2D eigenvalue weighted by Gasteiger charge is -2.45. The van der Waals surface area contributed by atoms with E-state index in [1.165, 1.54) is 0 Å². The van der Waals surface area contributed by atoms with E-state index in [2.05, 4.69) is 4.99 Å². The van der Waals surface area contributed by atoms with Crippen molar-refractivity contribution in [2.24, 2.45) is 4.99 Å². The van der Waals surface area contributed by atoms with Crippen molar-refractivity contribution in [3.05, 3.63) is 71.6 Å². The lowest BCUT2D eigenvalue weighted by Crippen LogP contribution is -2.71. The van der Waals surface area contributed by atoms with Crippen molar-refractivity contribution in [3.63, 3.8) is 0 Å². The highest BCUT2D eigenvalue weighted by Gasteiger charge is 2.43. The van der Waals surface area contributed by atoms with Crippen LogP contribution in [0.4, 0.5) is 11.4 Å². The van der Waals surface area contributed by atoms with Crippen molar-refractivity contribution in [1.82, 2.24) is 0 Å². The van der Waals surface area contributed by atoms with Gasteiger partial charge in [-0.1, -0.05) is 18.2 Å². The second kappa shape index (κ2) is 6.61. The van der Waals surface area contributed by atoms with Crippen molar-refractivity contribution in [3.8, 4) is 11.5 Å². The van der Waals surface area contributed by atoms with E-state index in [-0.39, 0.29) is 5.75 Å². The lowest BCUT2D eigenvalue weighted by molar-refractivity contribution is -0.499. The minimum Gasteiger partial charge on any atom is -0.654 e. The molecule has 2 aromatic carbocycles. The van der Waals surface area contributed by atoms with Gasteiger partial charge in [-0.15, -0.1) is 0 Å². The molecule has 7 heteroatoms. The Balaban J connectivity index is 1.63. The number of phenols is 1. The number of hydrogen-bond acceptors (Lipinski definition) is 5. The number of nitrogens with two attached hydrogens (primary N) is 1. The average Bonchev–Trinajstić information content (AvgIpc) is 2.65. The van der Waals surface area contributed by atoms with Crippen molar-refractivity contribution in [2.75, 3.05) is 7.11 Å². The number of quaternary nitrogens is 1. The molecule has 0 aromatic heterocycles. The largest absolute Gasteiger partial charge is 0.654 e. The van der Waals surface area contributed by atoms with Crippen LogP contribution in [0.25, 0.3) is 0 Å². The van der Waals surface area contributed by atoms with Crippen LogP contribution >= 0.6 is 0 Å². The number of fused-ring (bicyclic) bond motifs is 2. The number of aryl methyl sites for hydroxylation is 2. The molecule has 4 rings (SSSR count). The van der Waals surface area contributed by atoms with E-state index in [1.807, 2.05) is 56.3 Å². The Morgan fingerprint density at radius 2 is 1.85 bits per heavy atom. The molecule has 0 amide bonds. The van der Waals surface area contributed by atoms with E-state index >= 15 is 0 Å². The minimum atomic E-state index is -2.21. The highest BCUT2D eigenvalue weighted by molar-refractivity contribution is 6.96. The van der Waals surface area contributed by atoms with Gasteiger partial charge in [-0.2, -0.15) is 0 Å². The van der Waals surface area contributed by atoms with Crippen molar-refractivity contribution in [2.45, 2.75) is 13.8 Å². The minimum absolute atomic E-state index is 0.221. The van der Waals surface area contributed by atoms with Gasteiger partial charge in [0.1, 0.15) is 12.0 Å². The van der Waals surface area contributed by atoms with Crippen LogP contribution in [0, 0.1) is 13.8 Å². The van der Waals surface area contributed by atoms with Gasteiger partial charge in [0.25, 0.3) is 0 Å². The van der Waals surface area contributed by atoms with Crippen LogP contribution in [0.5, 0.6) is 11.5 Å². The van der Waals surface area contributed by atoms with Crippen molar-refractivity contribution < 1.29 is 24.4 Å². The molecule has 0 radical (unpaired) electrons. The topological polar surface area (TPSA) is 76.9 Å². The van der Waals surface area contributed by atoms with Crippen LogP contribution < -0.4 is 9.97 Å². The summed E-state index contributed by atoms with van der Waals surface area (Å²) in [6, 6.07) is 11.3. The van der Waals surface area contributed by atoms with Crippen molar-refractivity contribution >= 4 is 23.7 Å². The number of benzene rings is 2. The first-order chi connectivity index (χ1) is 13.0. The molecule has 27 heavy (non-hydrogen) atoms. The smallest absolute Gasteiger partial charge is 0.541 e. The number of rotatable bonds is 3. The van der Waals surface area contributed by atoms with Crippen LogP contribution in [0.1, 0.15) is 11.1 Å². The van der Waals surface area contributed by atoms with Crippen LogP contribution in [-0.4, -0.2) is 24.6 Å². The fourth-order valence-corrected chi connectivity index (χ4v) is 3.16. The van der Waals surface area contributed by atoms with Crippen LogP contribution in [0.3, 0.4) is 0 Å². The fourth-order valence-electron chi connectivity index (χ4n) is 3.16. The Kier molecular flexibility index (Phi) is 4.26. The molecule has 0 fully saturated rings. The van der Waals surface area contributed by atoms with E-state index in [0.717, 1.165) is 16.8 Å². The molecule has 2 aliphatic heterocycles. The summed E-state index contributed by atoms with van der Waals surface area (Å²) in [6.45, 7) is 1.72. The third-order valence-corrected chi connectivity index (χ3v) is 4.64. The molecule has 3 N–H and O–H groups in total. The first-order valence-corrected chi connectivity index (χ1v) is 8.78. The van der Waals surface area contributed by atoms with Gasteiger partial charge in [-0.05, 0) is 62.0 Å². The second-order valence-corrected chi connectivity index (χ2v) is 6.75. The summed E-state index contributed by atoms with van der Waals surface area (Å²) < 4.78 is 17.8. The van der Waals surface area contributed by atoms with E-state index in [1.54, 1.807) is 24.7 Å². The van der Waals surface area contributed by atoms with E-state index in [4.69, 9.17) is 14.0 Å². The van der Waals surface area contributed by atoms with Gasteiger partial charge in [0.15, 0.2) is 11.4 Å². The van der Waals surface area contributed by atoms with Gasteiger partial charge in [-0.25, -0.2) is 0 Å². The third-order valence-electron chi connectivity index (χ3n) is 4.64. The number of phenolic OH excluding ortho intramolecular Hbond substituents is 1. The molecule has 1 unspecified atom stereocenters. The van der Waals surface area contributed by atoms with Gasteiger partial charge in [0.2, 0.25) is 0 Å². The number of aliphatic imine (C=N–C) groups is 1. The molecular formula is C20H21BN2O4. The molecule has 6 nitrogen and oxygen atoms in total. The quantitative estimate of drug-likeness (QED) is 0.499. The first kappa shape index (κ1) is 17.4. The van der Waals surface area contributed by atoms with E-state index in [9.17, 15) is 5.11 Å². The monoisotopic (exact) mass is 364 g/mol. The molecule has 0 bridgehead atoms. The van der Waals surface area contributed by atoms with Gasteiger partial charge in [-0.3, -0.25) is 10.3 Å². The Bertz CT molecular complexity index is 999. The molecule has 2 aromatic rings. The first-order valence-electron chi connectivity index (χ1n) is 8.78. The van der Waals surface area contributed by atoms with Crippen LogP contribution in [0.2, 0.25) is 0 Å². The number of nitrogens with zero attached hydrogens (tertiary/aromatic N) is 1. The molecule has 2 heterocycles. The summed E-state index contributed by atoms with van der Waals surface area (Å²) >= 11 is 0. The summed E-state index contributed by atoms with van der Waals surface area (Å²) in [6.07, 6.45) is 5.42. The van der Waals surface area contributed by atoms with Gasteiger partial charge < -0.3 is 19.1 Å². The number of aromatic hydroxyl groups is 1. The molecule has 0 spiro atoms. The fraction of sp³-hybridized carbons (Fsp3) is 0.150. The van der Waals surface area contributed by atoms with Crippen LogP contribution in [-0.2, 0) is 9.31 Å². The number of hydrogen-bond donors (Lipinski definition) is 2. The van der Waals surface area contributed by atoms with Crippen LogP contribution in [0.15, 0.2) is 65.5 Å². The zero-order chi connectivity index (χ0) is 19.0. The van der Waals surface area contributed by atoms with Gasteiger partial charge in [0, 0.05) is 6.07 Å². The van der Waals surface area contributed by atoms with E-state index < -0.39 is 6.75 Å². The number of allylic oxidation sites excluding steroid dienone is 2. The lowest BCUT2D eigenvalue weighted by atomic mass is 9.68. The average molecular weight is 364 g/mol. The normalized spacial score (nSPS) is 21.7.